The predicted octanol–water partition coefficient (Wildman–Crippen LogP) is 3.22. The van der Waals surface area contributed by atoms with Crippen molar-refractivity contribution in [3.8, 4) is 5.75 Å². The molecule has 0 radical (unpaired) electrons. The van der Waals surface area contributed by atoms with Gasteiger partial charge in [-0.3, -0.25) is 4.72 Å². The van der Waals surface area contributed by atoms with E-state index in [0.717, 1.165) is 11.3 Å². The van der Waals surface area contributed by atoms with E-state index in [1.807, 2.05) is 0 Å². The Bertz CT molecular complexity index is 679. The summed E-state index contributed by atoms with van der Waals surface area (Å²) in [5, 5.41) is 9.52. The first-order valence-electron chi connectivity index (χ1n) is 4.97. The Labute approximate surface area is 114 Å². The van der Waals surface area contributed by atoms with Crippen LogP contribution in [0.3, 0.4) is 0 Å². The Morgan fingerprint density at radius 2 is 2.00 bits per heavy atom. The van der Waals surface area contributed by atoms with E-state index in [0.29, 0.717) is 15.6 Å². The Hall–Kier alpha value is -1.24. The highest BCUT2D eigenvalue weighted by Crippen LogP contribution is 2.30. The molecule has 0 aliphatic heterocycles. The molecule has 2 rings (SSSR count). The molecule has 0 saturated carbocycles. The van der Waals surface area contributed by atoms with Gasteiger partial charge in [-0.05, 0) is 31.2 Å². The minimum Gasteiger partial charge on any atom is -0.508 e. The monoisotopic (exact) mass is 303 g/mol. The van der Waals surface area contributed by atoms with Crippen LogP contribution in [0.4, 0.5) is 5.69 Å². The van der Waals surface area contributed by atoms with Gasteiger partial charge in [0.25, 0.3) is 10.0 Å². The topological polar surface area (TPSA) is 66.4 Å². The molecule has 0 amide bonds. The Balaban J connectivity index is 2.37. The molecule has 0 atom stereocenters. The van der Waals surface area contributed by atoms with Crippen molar-refractivity contribution in [1.82, 2.24) is 0 Å². The molecule has 0 aliphatic rings. The number of benzene rings is 1. The largest absolute Gasteiger partial charge is 0.508 e. The fourth-order valence-electron chi connectivity index (χ4n) is 1.37. The number of phenolic OH excluding ortho intramolecular Hbond substituents is 1. The minimum atomic E-state index is -3.66. The van der Waals surface area contributed by atoms with E-state index < -0.39 is 10.0 Å². The normalized spacial score (nSPS) is 11.4. The number of halogens is 1. The van der Waals surface area contributed by atoms with Crippen LogP contribution in [0.2, 0.25) is 4.34 Å². The number of thiophene rings is 1. The highest BCUT2D eigenvalue weighted by molar-refractivity contribution is 7.94. The van der Waals surface area contributed by atoms with E-state index >= 15 is 0 Å². The summed E-state index contributed by atoms with van der Waals surface area (Å²) in [6.45, 7) is 1.63. The number of anilines is 1. The Morgan fingerprint density at radius 3 is 2.61 bits per heavy atom. The molecule has 0 saturated heterocycles. The Kier molecular flexibility index (Phi) is 3.52. The van der Waals surface area contributed by atoms with Crippen molar-refractivity contribution in [2.75, 3.05) is 4.72 Å². The number of nitrogens with one attached hydrogen (secondary N) is 1. The number of aromatic hydroxyl groups is 1. The van der Waals surface area contributed by atoms with Crippen molar-refractivity contribution < 1.29 is 13.5 Å². The summed E-state index contributed by atoms with van der Waals surface area (Å²) < 4.78 is 27.0. The molecule has 0 aliphatic carbocycles. The summed E-state index contributed by atoms with van der Waals surface area (Å²) >= 11 is 6.69. The van der Waals surface area contributed by atoms with E-state index in [1.165, 1.54) is 18.2 Å². The summed E-state index contributed by atoms with van der Waals surface area (Å²) in [5.74, 6) is 0.0411. The highest BCUT2D eigenvalue weighted by atomic mass is 35.5. The van der Waals surface area contributed by atoms with Gasteiger partial charge < -0.3 is 5.11 Å². The lowest BCUT2D eigenvalue weighted by atomic mass is 10.2. The molecule has 1 heterocycles. The molecule has 0 bridgehead atoms. The molecule has 1 aromatic heterocycles. The predicted molar refractivity (Wildman–Crippen MR) is 73.0 cm³/mol. The number of rotatable bonds is 3. The van der Waals surface area contributed by atoms with Crippen molar-refractivity contribution in [2.45, 2.75) is 11.1 Å². The third-order valence-corrected chi connectivity index (χ3v) is 5.45. The average molecular weight is 304 g/mol. The first kappa shape index (κ1) is 13.2. The number of phenols is 1. The molecule has 2 N–H and O–H groups in total. The van der Waals surface area contributed by atoms with Crippen LogP contribution in [0.5, 0.6) is 5.75 Å². The summed E-state index contributed by atoms with van der Waals surface area (Å²) in [4.78, 5) is 0. The zero-order chi connectivity index (χ0) is 13.3. The molecule has 18 heavy (non-hydrogen) atoms. The molecule has 96 valence electrons. The lowest BCUT2D eigenvalue weighted by molar-refractivity contribution is 0.471. The van der Waals surface area contributed by atoms with E-state index in [4.69, 9.17) is 11.6 Å². The van der Waals surface area contributed by atoms with Gasteiger partial charge in [0.15, 0.2) is 0 Å². The SMILES string of the molecule is Cc1c(O)cccc1NS(=O)(=O)c1ccc(Cl)s1. The number of hydrogen-bond donors (Lipinski definition) is 2. The molecular formula is C11H10ClNO3S2. The van der Waals surface area contributed by atoms with Gasteiger partial charge in [0.1, 0.15) is 9.96 Å². The van der Waals surface area contributed by atoms with Crippen LogP contribution in [0.1, 0.15) is 5.56 Å². The third-order valence-electron chi connectivity index (χ3n) is 2.36. The standard InChI is InChI=1S/C11H10ClNO3S2/c1-7-8(3-2-4-9(7)14)13-18(15,16)11-6-5-10(12)17-11/h2-6,13-14H,1H3. The maximum absolute atomic E-state index is 12.0. The van der Waals surface area contributed by atoms with Gasteiger partial charge in [0, 0.05) is 5.56 Å². The second-order valence-electron chi connectivity index (χ2n) is 3.61. The zero-order valence-corrected chi connectivity index (χ0v) is 11.7. The average Bonchev–Trinajstić information content (AvgIpc) is 2.72. The molecule has 0 unspecified atom stereocenters. The van der Waals surface area contributed by atoms with Crippen molar-refractivity contribution in [2.24, 2.45) is 0 Å². The van der Waals surface area contributed by atoms with Crippen LogP contribution in [0, 0.1) is 6.92 Å². The van der Waals surface area contributed by atoms with Gasteiger partial charge in [-0.25, -0.2) is 8.42 Å². The van der Waals surface area contributed by atoms with Crippen molar-refractivity contribution in [3.05, 3.63) is 40.2 Å². The van der Waals surface area contributed by atoms with Gasteiger partial charge in [0.05, 0.1) is 10.0 Å². The second-order valence-corrected chi connectivity index (χ2v) is 7.24. The lowest BCUT2D eigenvalue weighted by Crippen LogP contribution is -2.12. The molecule has 7 heteroatoms. The molecular weight excluding hydrogens is 294 g/mol. The number of hydrogen-bond acceptors (Lipinski definition) is 4. The van der Waals surface area contributed by atoms with Crippen LogP contribution < -0.4 is 4.72 Å². The maximum atomic E-state index is 12.0. The van der Waals surface area contributed by atoms with E-state index in [2.05, 4.69) is 4.72 Å². The lowest BCUT2D eigenvalue weighted by Gasteiger charge is -2.09. The minimum absolute atomic E-state index is 0.0411. The van der Waals surface area contributed by atoms with Crippen LogP contribution in [-0.4, -0.2) is 13.5 Å². The fourth-order valence-corrected chi connectivity index (χ4v) is 3.98. The maximum Gasteiger partial charge on any atom is 0.271 e. The fraction of sp³-hybridized carbons (Fsp3) is 0.0909. The van der Waals surface area contributed by atoms with Crippen LogP contribution in [0.15, 0.2) is 34.5 Å². The van der Waals surface area contributed by atoms with Gasteiger partial charge in [-0.15, -0.1) is 11.3 Å². The zero-order valence-electron chi connectivity index (χ0n) is 9.34. The van der Waals surface area contributed by atoms with Gasteiger partial charge in [-0.1, -0.05) is 17.7 Å². The van der Waals surface area contributed by atoms with E-state index in [9.17, 15) is 13.5 Å². The van der Waals surface area contributed by atoms with Crippen LogP contribution in [-0.2, 0) is 10.0 Å². The van der Waals surface area contributed by atoms with Crippen molar-refractivity contribution in [1.29, 1.82) is 0 Å². The molecule has 0 spiro atoms. The van der Waals surface area contributed by atoms with Crippen molar-refractivity contribution >= 4 is 38.6 Å². The third kappa shape index (κ3) is 2.60. The summed E-state index contributed by atoms with van der Waals surface area (Å²) in [5.41, 5.74) is 0.822. The quantitative estimate of drug-likeness (QED) is 0.915. The van der Waals surface area contributed by atoms with E-state index in [-0.39, 0.29) is 9.96 Å². The first-order chi connectivity index (χ1) is 8.40. The molecule has 0 fully saturated rings. The molecule has 2 aromatic rings. The Morgan fingerprint density at radius 1 is 1.28 bits per heavy atom. The summed E-state index contributed by atoms with van der Waals surface area (Å²) in [7, 11) is -3.66. The highest BCUT2D eigenvalue weighted by Gasteiger charge is 2.18. The van der Waals surface area contributed by atoms with Crippen molar-refractivity contribution in [3.63, 3.8) is 0 Å². The molecule has 1 aromatic carbocycles. The van der Waals surface area contributed by atoms with Gasteiger partial charge >= 0.3 is 0 Å². The first-order valence-corrected chi connectivity index (χ1v) is 7.64. The number of sulfonamides is 1. The van der Waals surface area contributed by atoms with Gasteiger partial charge in [0.2, 0.25) is 0 Å². The van der Waals surface area contributed by atoms with Gasteiger partial charge in [-0.2, -0.15) is 0 Å². The smallest absolute Gasteiger partial charge is 0.271 e. The molecule has 4 nitrogen and oxygen atoms in total. The van der Waals surface area contributed by atoms with E-state index in [1.54, 1.807) is 19.1 Å². The second kappa shape index (κ2) is 4.79. The summed E-state index contributed by atoms with van der Waals surface area (Å²) in [6.07, 6.45) is 0. The van der Waals surface area contributed by atoms with Crippen LogP contribution in [0.25, 0.3) is 0 Å². The van der Waals surface area contributed by atoms with Crippen LogP contribution >= 0.6 is 22.9 Å². The summed E-state index contributed by atoms with van der Waals surface area (Å²) in [6, 6.07) is 7.61.